The molecule has 1 aliphatic carbocycles. The number of carbonyl (C=O) groups excluding carboxylic acids is 2. The average molecular weight is 401 g/mol. The molecule has 1 aromatic carbocycles. The highest BCUT2D eigenvalue weighted by molar-refractivity contribution is 5.91. The minimum Gasteiger partial charge on any atom is -0.492 e. The SMILES string of the molecule is CCOc1ccccc1NC(=O)N(Cc1nc(C(=O)OC)co1)C1CCCCC1. The first-order chi connectivity index (χ1) is 14.1. The number of aromatic nitrogens is 1. The molecule has 2 amide bonds. The summed E-state index contributed by atoms with van der Waals surface area (Å²) >= 11 is 0. The van der Waals surface area contributed by atoms with Gasteiger partial charge in [-0.1, -0.05) is 31.4 Å². The second-order valence-electron chi connectivity index (χ2n) is 6.90. The topological polar surface area (TPSA) is 93.9 Å². The highest BCUT2D eigenvalue weighted by atomic mass is 16.5. The molecule has 0 radical (unpaired) electrons. The van der Waals surface area contributed by atoms with Gasteiger partial charge in [0, 0.05) is 6.04 Å². The molecular formula is C21H27N3O5. The van der Waals surface area contributed by atoms with Gasteiger partial charge in [-0.3, -0.25) is 0 Å². The lowest BCUT2D eigenvalue weighted by Crippen LogP contribution is -2.43. The van der Waals surface area contributed by atoms with E-state index in [2.05, 4.69) is 15.0 Å². The van der Waals surface area contributed by atoms with E-state index in [0.29, 0.717) is 23.9 Å². The summed E-state index contributed by atoms with van der Waals surface area (Å²) in [6, 6.07) is 7.17. The van der Waals surface area contributed by atoms with Crippen molar-refractivity contribution in [2.24, 2.45) is 0 Å². The number of nitrogens with zero attached hydrogens (tertiary/aromatic N) is 2. The molecule has 0 saturated heterocycles. The molecule has 8 heteroatoms. The number of carbonyl (C=O) groups is 2. The molecular weight excluding hydrogens is 374 g/mol. The van der Waals surface area contributed by atoms with Gasteiger partial charge >= 0.3 is 12.0 Å². The molecule has 1 aromatic heterocycles. The van der Waals surface area contributed by atoms with E-state index in [1.807, 2.05) is 31.2 Å². The Morgan fingerprint density at radius 2 is 2.00 bits per heavy atom. The first-order valence-corrected chi connectivity index (χ1v) is 9.94. The summed E-state index contributed by atoms with van der Waals surface area (Å²) in [7, 11) is 1.29. The first-order valence-electron chi connectivity index (χ1n) is 9.94. The van der Waals surface area contributed by atoms with Crippen LogP contribution in [0.5, 0.6) is 5.75 Å². The van der Waals surface area contributed by atoms with Gasteiger partial charge in [-0.25, -0.2) is 14.6 Å². The van der Waals surface area contributed by atoms with Crippen LogP contribution in [0.25, 0.3) is 0 Å². The van der Waals surface area contributed by atoms with E-state index >= 15 is 0 Å². The van der Waals surface area contributed by atoms with Gasteiger partial charge in [0.1, 0.15) is 12.0 Å². The molecule has 0 atom stereocenters. The molecule has 0 unspecified atom stereocenters. The van der Waals surface area contributed by atoms with Crippen molar-refractivity contribution in [1.29, 1.82) is 0 Å². The quantitative estimate of drug-likeness (QED) is 0.698. The van der Waals surface area contributed by atoms with Crippen LogP contribution in [0.1, 0.15) is 55.4 Å². The summed E-state index contributed by atoms with van der Waals surface area (Å²) in [6.45, 7) is 2.57. The van der Waals surface area contributed by atoms with E-state index in [-0.39, 0.29) is 24.3 Å². The molecule has 1 aliphatic rings. The Labute approximate surface area is 170 Å². The maximum absolute atomic E-state index is 13.2. The number of esters is 1. The summed E-state index contributed by atoms with van der Waals surface area (Å²) < 4.78 is 15.7. The van der Waals surface area contributed by atoms with Crippen molar-refractivity contribution in [2.75, 3.05) is 19.0 Å². The number of anilines is 1. The van der Waals surface area contributed by atoms with Crippen LogP contribution >= 0.6 is 0 Å². The van der Waals surface area contributed by atoms with Gasteiger partial charge in [0.25, 0.3) is 0 Å². The molecule has 1 saturated carbocycles. The van der Waals surface area contributed by atoms with Crippen LogP contribution in [0.2, 0.25) is 0 Å². The standard InChI is InChI=1S/C21H27N3O5/c1-3-28-18-12-8-7-11-16(18)23-21(26)24(15-9-5-4-6-10-15)13-19-22-17(14-29-19)20(25)27-2/h7-8,11-12,14-15H,3-6,9-10,13H2,1-2H3,(H,23,26). The maximum Gasteiger partial charge on any atom is 0.360 e. The van der Waals surface area contributed by atoms with Gasteiger partial charge in [-0.2, -0.15) is 0 Å². The second-order valence-corrected chi connectivity index (χ2v) is 6.90. The van der Waals surface area contributed by atoms with Crippen molar-refractivity contribution in [3.05, 3.63) is 42.1 Å². The number of ether oxygens (including phenoxy) is 2. The normalized spacial score (nSPS) is 14.3. The summed E-state index contributed by atoms with van der Waals surface area (Å²) in [5.74, 6) is 0.347. The average Bonchev–Trinajstić information content (AvgIpc) is 3.22. The van der Waals surface area contributed by atoms with Crippen LogP contribution in [0.3, 0.4) is 0 Å². The van der Waals surface area contributed by atoms with Crippen molar-refractivity contribution >= 4 is 17.7 Å². The molecule has 3 rings (SSSR count). The summed E-state index contributed by atoms with van der Waals surface area (Å²) in [4.78, 5) is 30.7. The van der Waals surface area contributed by atoms with Crippen LogP contribution < -0.4 is 10.1 Å². The van der Waals surface area contributed by atoms with E-state index in [1.165, 1.54) is 19.8 Å². The number of benzene rings is 1. The minimum atomic E-state index is -0.570. The second kappa shape index (κ2) is 9.95. The highest BCUT2D eigenvalue weighted by Crippen LogP contribution is 2.27. The van der Waals surface area contributed by atoms with Crippen LogP contribution in [0.4, 0.5) is 10.5 Å². The van der Waals surface area contributed by atoms with Crippen LogP contribution in [0.15, 0.2) is 34.9 Å². The third-order valence-corrected chi connectivity index (χ3v) is 4.96. The van der Waals surface area contributed by atoms with Crippen molar-refractivity contribution in [2.45, 2.75) is 51.6 Å². The monoisotopic (exact) mass is 401 g/mol. The smallest absolute Gasteiger partial charge is 0.360 e. The van der Waals surface area contributed by atoms with Gasteiger partial charge < -0.3 is 24.1 Å². The molecule has 0 aliphatic heterocycles. The molecule has 1 heterocycles. The number of oxazole rings is 1. The maximum atomic E-state index is 13.2. The van der Waals surface area contributed by atoms with Crippen molar-refractivity contribution < 1.29 is 23.5 Å². The predicted octanol–water partition coefficient (Wildman–Crippen LogP) is 4.23. The Morgan fingerprint density at radius 1 is 1.24 bits per heavy atom. The van der Waals surface area contributed by atoms with Gasteiger partial charge in [0.2, 0.25) is 5.89 Å². The zero-order valence-corrected chi connectivity index (χ0v) is 16.8. The van der Waals surface area contributed by atoms with Gasteiger partial charge in [0.05, 0.1) is 25.9 Å². The lowest BCUT2D eigenvalue weighted by atomic mass is 9.94. The summed E-state index contributed by atoms with van der Waals surface area (Å²) in [5, 5.41) is 2.95. The predicted molar refractivity (Wildman–Crippen MR) is 107 cm³/mol. The fourth-order valence-electron chi connectivity index (χ4n) is 3.53. The summed E-state index contributed by atoms with van der Waals surface area (Å²) in [6.07, 6.45) is 6.41. The zero-order valence-electron chi connectivity index (χ0n) is 16.8. The lowest BCUT2D eigenvalue weighted by molar-refractivity contribution is 0.0594. The molecule has 0 spiro atoms. The van der Waals surface area contributed by atoms with Crippen LogP contribution in [0, 0.1) is 0 Å². The van der Waals surface area contributed by atoms with Crippen molar-refractivity contribution in [3.63, 3.8) is 0 Å². The fraction of sp³-hybridized carbons (Fsp3) is 0.476. The molecule has 1 N–H and O–H groups in total. The Hall–Kier alpha value is -3.03. The zero-order chi connectivity index (χ0) is 20.6. The number of amides is 2. The fourth-order valence-corrected chi connectivity index (χ4v) is 3.53. The van der Waals surface area contributed by atoms with Crippen LogP contribution in [-0.2, 0) is 11.3 Å². The molecule has 1 fully saturated rings. The Kier molecular flexibility index (Phi) is 7.10. The number of methoxy groups -OCH3 is 1. The number of nitrogens with one attached hydrogen (secondary N) is 1. The highest BCUT2D eigenvalue weighted by Gasteiger charge is 2.28. The molecule has 156 valence electrons. The van der Waals surface area contributed by atoms with Gasteiger partial charge in [0.15, 0.2) is 5.69 Å². The minimum absolute atomic E-state index is 0.0801. The number of para-hydroxylation sites is 2. The number of urea groups is 1. The molecule has 0 bridgehead atoms. The summed E-state index contributed by atoms with van der Waals surface area (Å²) in [5.41, 5.74) is 0.705. The van der Waals surface area contributed by atoms with E-state index in [0.717, 1.165) is 25.7 Å². The van der Waals surface area contributed by atoms with Gasteiger partial charge in [-0.05, 0) is 31.9 Å². The number of hydrogen-bond donors (Lipinski definition) is 1. The molecule has 29 heavy (non-hydrogen) atoms. The Balaban J connectivity index is 1.78. The first kappa shape index (κ1) is 20.7. The largest absolute Gasteiger partial charge is 0.492 e. The Morgan fingerprint density at radius 3 is 2.72 bits per heavy atom. The lowest BCUT2D eigenvalue weighted by Gasteiger charge is -2.33. The van der Waals surface area contributed by atoms with Crippen molar-refractivity contribution in [1.82, 2.24) is 9.88 Å². The molecule has 8 nitrogen and oxygen atoms in total. The Bertz CT molecular complexity index is 829. The van der Waals surface area contributed by atoms with E-state index in [9.17, 15) is 9.59 Å². The van der Waals surface area contributed by atoms with E-state index < -0.39 is 5.97 Å². The number of hydrogen-bond acceptors (Lipinski definition) is 6. The molecule has 2 aromatic rings. The van der Waals surface area contributed by atoms with E-state index in [4.69, 9.17) is 9.15 Å². The number of rotatable bonds is 7. The van der Waals surface area contributed by atoms with Crippen molar-refractivity contribution in [3.8, 4) is 5.75 Å². The third kappa shape index (κ3) is 5.28. The van der Waals surface area contributed by atoms with Crippen LogP contribution in [-0.4, -0.2) is 41.6 Å². The van der Waals surface area contributed by atoms with E-state index in [1.54, 1.807) is 4.90 Å². The van der Waals surface area contributed by atoms with Gasteiger partial charge in [-0.15, -0.1) is 0 Å². The third-order valence-electron chi connectivity index (χ3n) is 4.96.